The molecule has 2 aromatic carbocycles. The van der Waals surface area contributed by atoms with E-state index in [1.807, 2.05) is 0 Å². The van der Waals surface area contributed by atoms with Crippen LogP contribution in [0.15, 0.2) is 53.2 Å². The van der Waals surface area contributed by atoms with Gasteiger partial charge in [0, 0.05) is 0 Å². The first kappa shape index (κ1) is 15.2. The van der Waals surface area contributed by atoms with Crippen molar-refractivity contribution in [2.75, 3.05) is 7.11 Å². The lowest BCUT2D eigenvalue weighted by atomic mass is 10.2. The molecule has 2 aromatic rings. The van der Waals surface area contributed by atoms with E-state index in [-0.39, 0.29) is 17.3 Å². The van der Waals surface area contributed by atoms with Gasteiger partial charge in [0.05, 0.1) is 17.7 Å². The lowest BCUT2D eigenvalue weighted by Crippen LogP contribution is -2.05. The van der Waals surface area contributed by atoms with Crippen molar-refractivity contribution >= 4 is 29.5 Å². The summed E-state index contributed by atoms with van der Waals surface area (Å²) in [5.74, 6) is -0.887. The van der Waals surface area contributed by atoms with Crippen molar-refractivity contribution < 1.29 is 18.7 Å². The molecule has 23 heavy (non-hydrogen) atoms. The molecule has 0 N–H and O–H groups in total. The Bertz CT molecular complexity index is 845. The molecule has 1 aliphatic rings. The zero-order valence-electron chi connectivity index (χ0n) is 12.0. The number of rotatable bonds is 3. The molecule has 4 nitrogen and oxygen atoms in total. The molecule has 6 heteroatoms. The molecule has 0 atom stereocenters. The van der Waals surface area contributed by atoms with Gasteiger partial charge in [0.1, 0.15) is 0 Å². The van der Waals surface area contributed by atoms with E-state index >= 15 is 0 Å². The van der Waals surface area contributed by atoms with Crippen molar-refractivity contribution in [2.24, 2.45) is 4.99 Å². The van der Waals surface area contributed by atoms with E-state index in [9.17, 15) is 9.18 Å². The van der Waals surface area contributed by atoms with Gasteiger partial charge in [-0.25, -0.2) is 14.2 Å². The number of carbonyl (C=O) groups excluding carboxylic acids is 1. The Balaban J connectivity index is 1.95. The predicted octanol–water partition coefficient (Wildman–Crippen LogP) is 3.83. The maximum atomic E-state index is 13.7. The highest BCUT2D eigenvalue weighted by Crippen LogP contribution is 2.25. The minimum absolute atomic E-state index is 0.0736. The van der Waals surface area contributed by atoms with Gasteiger partial charge in [0.2, 0.25) is 5.90 Å². The molecule has 0 radical (unpaired) electrons. The number of hydrogen-bond donors (Lipinski definition) is 0. The Kier molecular flexibility index (Phi) is 4.12. The maximum absolute atomic E-state index is 13.7. The van der Waals surface area contributed by atoms with Gasteiger partial charge in [-0.2, -0.15) is 0 Å². The molecule has 116 valence electrons. The zero-order valence-corrected chi connectivity index (χ0v) is 12.8. The number of benzene rings is 2. The lowest BCUT2D eigenvalue weighted by molar-refractivity contribution is -0.129. The first-order valence-electron chi connectivity index (χ1n) is 6.69. The lowest BCUT2D eigenvalue weighted by Gasteiger charge is -2.01. The van der Waals surface area contributed by atoms with Crippen LogP contribution in [0, 0.1) is 5.82 Å². The normalized spacial score (nSPS) is 15.5. The number of hydrogen-bond acceptors (Lipinski definition) is 4. The Morgan fingerprint density at radius 2 is 2.04 bits per heavy atom. The van der Waals surface area contributed by atoms with Crippen molar-refractivity contribution in [1.29, 1.82) is 0 Å². The van der Waals surface area contributed by atoms with E-state index < -0.39 is 11.8 Å². The fourth-order valence-corrected chi connectivity index (χ4v) is 2.31. The molecule has 0 aliphatic carbocycles. The van der Waals surface area contributed by atoms with E-state index in [0.717, 1.165) is 0 Å². The van der Waals surface area contributed by atoms with Crippen molar-refractivity contribution in [1.82, 2.24) is 0 Å². The largest absolute Gasteiger partial charge is 0.494 e. The number of esters is 1. The van der Waals surface area contributed by atoms with Crippen molar-refractivity contribution in [3.8, 4) is 5.75 Å². The van der Waals surface area contributed by atoms with E-state index in [4.69, 9.17) is 21.1 Å². The first-order chi connectivity index (χ1) is 11.1. The second kappa shape index (κ2) is 6.22. The third-order valence-electron chi connectivity index (χ3n) is 3.20. The molecule has 0 spiro atoms. The third-order valence-corrected chi connectivity index (χ3v) is 3.53. The molecule has 1 heterocycles. The Morgan fingerprint density at radius 3 is 2.74 bits per heavy atom. The van der Waals surface area contributed by atoms with Crippen LogP contribution >= 0.6 is 11.6 Å². The number of cyclic esters (lactones) is 1. The number of ether oxygens (including phenoxy) is 2. The molecule has 3 rings (SSSR count). The molecule has 0 saturated heterocycles. The SMILES string of the molecule is COc1ccc(/C=C2\N=C(c3ccccc3Cl)OC2=O)cc1F. The van der Waals surface area contributed by atoms with Crippen LogP contribution in [0.2, 0.25) is 5.02 Å². The highest BCUT2D eigenvalue weighted by atomic mass is 35.5. The van der Waals surface area contributed by atoms with Crippen LogP contribution in [0.5, 0.6) is 5.75 Å². The Labute approximate surface area is 136 Å². The fraction of sp³-hybridized carbons (Fsp3) is 0.0588. The van der Waals surface area contributed by atoms with Crippen LogP contribution in [0.1, 0.15) is 11.1 Å². The number of methoxy groups -OCH3 is 1. The number of aliphatic imine (C=N–C) groups is 1. The average Bonchev–Trinajstić information content (AvgIpc) is 2.89. The van der Waals surface area contributed by atoms with Crippen LogP contribution in [0.3, 0.4) is 0 Å². The molecule has 1 aliphatic heterocycles. The Hall–Kier alpha value is -2.66. The molecule has 0 saturated carbocycles. The van der Waals surface area contributed by atoms with Gasteiger partial charge >= 0.3 is 5.97 Å². The van der Waals surface area contributed by atoms with Gasteiger partial charge in [-0.15, -0.1) is 0 Å². The highest BCUT2D eigenvalue weighted by Gasteiger charge is 2.25. The zero-order chi connectivity index (χ0) is 16.4. The van der Waals surface area contributed by atoms with Gasteiger partial charge in [-0.1, -0.05) is 29.8 Å². The van der Waals surface area contributed by atoms with Crippen LogP contribution in [-0.4, -0.2) is 19.0 Å². The second-order valence-electron chi connectivity index (χ2n) is 4.71. The van der Waals surface area contributed by atoms with Crippen LogP contribution in [-0.2, 0) is 9.53 Å². The topological polar surface area (TPSA) is 47.9 Å². The van der Waals surface area contributed by atoms with Gasteiger partial charge in [-0.05, 0) is 35.9 Å². The summed E-state index contributed by atoms with van der Waals surface area (Å²) >= 11 is 6.06. The number of halogens is 2. The standard InChI is InChI=1S/C17H11ClFNO3/c1-22-15-7-6-10(8-13(15)19)9-14-17(21)23-16(20-14)11-4-2-3-5-12(11)18/h2-9H,1H3/b14-9-. The summed E-state index contributed by atoms with van der Waals surface area (Å²) in [6, 6.07) is 11.2. The van der Waals surface area contributed by atoms with E-state index in [1.165, 1.54) is 25.3 Å². The van der Waals surface area contributed by atoms with E-state index in [1.54, 1.807) is 30.3 Å². The van der Waals surface area contributed by atoms with Crippen molar-refractivity contribution in [3.63, 3.8) is 0 Å². The van der Waals surface area contributed by atoms with Gasteiger partial charge in [0.15, 0.2) is 17.3 Å². The van der Waals surface area contributed by atoms with Crippen molar-refractivity contribution in [2.45, 2.75) is 0 Å². The van der Waals surface area contributed by atoms with Crippen LogP contribution in [0.4, 0.5) is 4.39 Å². The molecule has 0 fully saturated rings. The maximum Gasteiger partial charge on any atom is 0.363 e. The predicted molar refractivity (Wildman–Crippen MR) is 85.0 cm³/mol. The molecule has 0 bridgehead atoms. The van der Waals surface area contributed by atoms with E-state index in [2.05, 4.69) is 4.99 Å². The number of nitrogens with zero attached hydrogens (tertiary/aromatic N) is 1. The van der Waals surface area contributed by atoms with Gasteiger partial charge in [-0.3, -0.25) is 0 Å². The molecule has 0 aromatic heterocycles. The quantitative estimate of drug-likeness (QED) is 0.634. The van der Waals surface area contributed by atoms with E-state index in [0.29, 0.717) is 16.1 Å². The second-order valence-corrected chi connectivity index (χ2v) is 5.12. The number of carbonyl (C=O) groups is 1. The summed E-state index contributed by atoms with van der Waals surface area (Å²) in [4.78, 5) is 16.1. The first-order valence-corrected chi connectivity index (χ1v) is 7.07. The molecule has 0 unspecified atom stereocenters. The highest BCUT2D eigenvalue weighted by molar-refractivity contribution is 6.34. The summed E-state index contributed by atoms with van der Waals surface area (Å²) in [7, 11) is 1.38. The molecular formula is C17H11ClFNO3. The minimum Gasteiger partial charge on any atom is -0.494 e. The van der Waals surface area contributed by atoms with Gasteiger partial charge in [0.25, 0.3) is 0 Å². The Morgan fingerprint density at radius 1 is 1.26 bits per heavy atom. The summed E-state index contributed by atoms with van der Waals surface area (Å²) in [6.07, 6.45) is 1.44. The van der Waals surface area contributed by atoms with Crippen LogP contribution < -0.4 is 4.74 Å². The monoisotopic (exact) mass is 331 g/mol. The summed E-state index contributed by atoms with van der Waals surface area (Å²) < 4.78 is 23.7. The molecular weight excluding hydrogens is 321 g/mol. The van der Waals surface area contributed by atoms with Gasteiger partial charge < -0.3 is 9.47 Å². The fourth-order valence-electron chi connectivity index (χ4n) is 2.09. The van der Waals surface area contributed by atoms with Crippen molar-refractivity contribution in [3.05, 3.63) is 70.1 Å². The van der Waals surface area contributed by atoms with Crippen LogP contribution in [0.25, 0.3) is 6.08 Å². The summed E-state index contributed by atoms with van der Waals surface area (Å²) in [5, 5.41) is 0.427. The summed E-state index contributed by atoms with van der Waals surface area (Å²) in [6.45, 7) is 0. The average molecular weight is 332 g/mol. The minimum atomic E-state index is -0.615. The smallest absolute Gasteiger partial charge is 0.363 e. The molecule has 0 amide bonds. The third kappa shape index (κ3) is 3.10. The summed E-state index contributed by atoms with van der Waals surface area (Å²) in [5.41, 5.74) is 1.07.